The number of ether oxygens (including phenoxy) is 4. The molecule has 0 spiro atoms. The van der Waals surface area contributed by atoms with Gasteiger partial charge in [0, 0.05) is 5.57 Å². The number of benzene rings is 2. The van der Waals surface area contributed by atoms with Crippen LogP contribution in [-0.2, 0) is 0 Å². The van der Waals surface area contributed by atoms with Gasteiger partial charge < -0.3 is 18.9 Å². The zero-order chi connectivity index (χ0) is 18.7. The van der Waals surface area contributed by atoms with E-state index in [2.05, 4.69) is 0 Å². The number of methoxy groups -OCH3 is 2. The second kappa shape index (κ2) is 7.70. The molecule has 0 bridgehead atoms. The Morgan fingerprint density at radius 1 is 1.19 bits per heavy atom. The first kappa shape index (κ1) is 18.1. The number of hydrogen-bond acceptors (Lipinski definition) is 5. The molecule has 0 fully saturated rings. The van der Waals surface area contributed by atoms with E-state index < -0.39 is 0 Å². The topological polar surface area (TPSA) is 54.0 Å². The molecule has 6 heteroatoms. The van der Waals surface area contributed by atoms with Crippen LogP contribution in [0.2, 0.25) is 5.02 Å². The number of Topliss-reactive ketones (excluding diaryl/α,β-unsaturated/α-hetero) is 1. The summed E-state index contributed by atoms with van der Waals surface area (Å²) < 4.78 is 21.8. The Bertz CT molecular complexity index is 873. The van der Waals surface area contributed by atoms with E-state index in [1.807, 2.05) is 6.92 Å². The van der Waals surface area contributed by atoms with Crippen molar-refractivity contribution in [2.75, 3.05) is 27.4 Å². The van der Waals surface area contributed by atoms with E-state index in [0.717, 1.165) is 5.56 Å². The first-order valence-corrected chi connectivity index (χ1v) is 8.51. The second-order valence-electron chi connectivity index (χ2n) is 5.62. The Morgan fingerprint density at radius 2 is 2.00 bits per heavy atom. The molecule has 1 heterocycles. The number of carbonyl (C=O) groups excluding carboxylic acids is 1. The summed E-state index contributed by atoms with van der Waals surface area (Å²) in [5, 5.41) is 0.413. The molecule has 0 saturated carbocycles. The first-order chi connectivity index (χ1) is 12.6. The fourth-order valence-electron chi connectivity index (χ4n) is 2.77. The van der Waals surface area contributed by atoms with Crippen LogP contribution < -0.4 is 18.9 Å². The summed E-state index contributed by atoms with van der Waals surface area (Å²) >= 11 is 6.28. The van der Waals surface area contributed by atoms with Gasteiger partial charge in [0.25, 0.3) is 0 Å². The van der Waals surface area contributed by atoms with E-state index in [0.29, 0.717) is 45.8 Å². The Morgan fingerprint density at radius 3 is 2.69 bits per heavy atom. The van der Waals surface area contributed by atoms with Gasteiger partial charge in [0.15, 0.2) is 17.3 Å². The molecule has 0 aromatic heterocycles. The molecule has 0 amide bonds. The van der Waals surface area contributed by atoms with Crippen molar-refractivity contribution in [3.05, 3.63) is 52.1 Å². The van der Waals surface area contributed by atoms with Crippen LogP contribution in [0.15, 0.2) is 35.9 Å². The smallest absolute Gasteiger partial charge is 0.196 e. The van der Waals surface area contributed by atoms with Gasteiger partial charge in [-0.2, -0.15) is 0 Å². The summed E-state index contributed by atoms with van der Waals surface area (Å²) in [5.74, 6) is 2.05. The van der Waals surface area contributed by atoms with Crippen LogP contribution >= 0.6 is 11.6 Å². The predicted octanol–water partition coefficient (Wildman–Crippen LogP) is 4.41. The van der Waals surface area contributed by atoms with E-state index >= 15 is 0 Å². The Hall–Kier alpha value is -2.66. The van der Waals surface area contributed by atoms with Crippen molar-refractivity contribution < 1.29 is 23.7 Å². The van der Waals surface area contributed by atoms with Gasteiger partial charge in [0.1, 0.15) is 18.1 Å². The molecular formula is C20H19ClO5. The number of fused-ring (bicyclic) bond motifs is 1. The highest BCUT2D eigenvalue weighted by Crippen LogP contribution is 2.37. The van der Waals surface area contributed by atoms with Crippen molar-refractivity contribution >= 4 is 23.5 Å². The number of rotatable bonds is 5. The van der Waals surface area contributed by atoms with Crippen molar-refractivity contribution in [3.63, 3.8) is 0 Å². The molecule has 0 aliphatic carbocycles. The third kappa shape index (κ3) is 3.48. The molecule has 1 aliphatic rings. The van der Waals surface area contributed by atoms with Crippen molar-refractivity contribution in [2.45, 2.75) is 6.92 Å². The molecular weight excluding hydrogens is 356 g/mol. The molecule has 0 atom stereocenters. The molecule has 0 radical (unpaired) electrons. The van der Waals surface area contributed by atoms with Gasteiger partial charge in [-0.05, 0) is 48.9 Å². The highest BCUT2D eigenvalue weighted by Gasteiger charge is 2.24. The zero-order valence-electron chi connectivity index (χ0n) is 14.8. The summed E-state index contributed by atoms with van der Waals surface area (Å²) in [7, 11) is 3.09. The molecule has 2 aromatic rings. The summed E-state index contributed by atoms with van der Waals surface area (Å²) in [4.78, 5) is 12.8. The Kier molecular flexibility index (Phi) is 5.38. The maximum atomic E-state index is 12.8. The third-order valence-corrected chi connectivity index (χ3v) is 4.26. The number of carbonyl (C=O) groups is 1. The number of ketones is 1. The molecule has 2 aromatic carbocycles. The molecule has 0 unspecified atom stereocenters. The van der Waals surface area contributed by atoms with E-state index in [9.17, 15) is 4.79 Å². The van der Waals surface area contributed by atoms with Crippen molar-refractivity contribution in [1.29, 1.82) is 0 Å². The van der Waals surface area contributed by atoms with Crippen LogP contribution in [0.3, 0.4) is 0 Å². The van der Waals surface area contributed by atoms with Gasteiger partial charge in [-0.15, -0.1) is 0 Å². The van der Waals surface area contributed by atoms with E-state index in [1.165, 1.54) is 7.11 Å². The highest BCUT2D eigenvalue weighted by atomic mass is 35.5. The number of halogens is 1. The molecule has 1 aliphatic heterocycles. The van der Waals surface area contributed by atoms with E-state index in [4.69, 9.17) is 30.5 Å². The molecule has 3 rings (SSSR count). The normalized spacial score (nSPS) is 14.6. The lowest BCUT2D eigenvalue weighted by Gasteiger charge is -2.19. The largest absolute Gasteiger partial charge is 0.497 e. The van der Waals surface area contributed by atoms with Crippen LogP contribution in [0.1, 0.15) is 22.8 Å². The quantitative estimate of drug-likeness (QED) is 0.725. The second-order valence-corrected chi connectivity index (χ2v) is 6.02. The molecule has 136 valence electrons. The van der Waals surface area contributed by atoms with E-state index in [-0.39, 0.29) is 12.4 Å². The van der Waals surface area contributed by atoms with Gasteiger partial charge in [-0.1, -0.05) is 11.6 Å². The minimum atomic E-state index is -0.102. The van der Waals surface area contributed by atoms with Gasteiger partial charge >= 0.3 is 0 Å². The van der Waals surface area contributed by atoms with Crippen LogP contribution in [0.25, 0.3) is 6.08 Å². The average Bonchev–Trinajstić information content (AvgIpc) is 2.64. The minimum absolute atomic E-state index is 0.102. The van der Waals surface area contributed by atoms with Gasteiger partial charge in [-0.3, -0.25) is 4.79 Å². The minimum Gasteiger partial charge on any atom is -0.497 e. The fraction of sp³-hybridized carbons (Fsp3) is 0.250. The zero-order valence-corrected chi connectivity index (χ0v) is 15.6. The van der Waals surface area contributed by atoms with Gasteiger partial charge in [0.2, 0.25) is 0 Å². The SMILES string of the molecule is CCOc1cc(/C=C2/COc3ccc(OC)cc3C2=O)cc(Cl)c1OC. The first-order valence-electron chi connectivity index (χ1n) is 8.13. The van der Waals surface area contributed by atoms with E-state index in [1.54, 1.807) is 43.5 Å². The van der Waals surface area contributed by atoms with Crippen LogP contribution in [0.5, 0.6) is 23.0 Å². The molecule has 5 nitrogen and oxygen atoms in total. The average molecular weight is 375 g/mol. The molecule has 0 saturated heterocycles. The molecule has 26 heavy (non-hydrogen) atoms. The van der Waals surface area contributed by atoms with Crippen LogP contribution in [0, 0.1) is 0 Å². The predicted molar refractivity (Wildman–Crippen MR) is 100.0 cm³/mol. The summed E-state index contributed by atoms with van der Waals surface area (Å²) in [6.45, 7) is 2.54. The van der Waals surface area contributed by atoms with Crippen molar-refractivity contribution in [1.82, 2.24) is 0 Å². The van der Waals surface area contributed by atoms with Gasteiger partial charge in [-0.25, -0.2) is 0 Å². The van der Waals surface area contributed by atoms with Crippen molar-refractivity contribution in [2.24, 2.45) is 0 Å². The lowest BCUT2D eigenvalue weighted by molar-refractivity contribution is 0.100. The fourth-order valence-corrected chi connectivity index (χ4v) is 3.07. The van der Waals surface area contributed by atoms with Crippen molar-refractivity contribution in [3.8, 4) is 23.0 Å². The maximum Gasteiger partial charge on any atom is 0.196 e. The molecule has 0 N–H and O–H groups in total. The summed E-state index contributed by atoms with van der Waals surface area (Å²) in [6, 6.07) is 8.69. The van der Waals surface area contributed by atoms with Gasteiger partial charge in [0.05, 0.1) is 31.4 Å². The standard InChI is InChI=1S/C20H19ClO5/c1-4-25-18-9-12(8-16(21)20(18)24-3)7-13-11-26-17-6-5-14(23-2)10-15(17)19(13)22/h5-10H,4,11H2,1-3H3/b13-7-. The summed E-state index contributed by atoms with van der Waals surface area (Å²) in [6.07, 6.45) is 1.75. The van der Waals surface area contributed by atoms with Crippen LogP contribution in [-0.4, -0.2) is 33.2 Å². The third-order valence-electron chi connectivity index (χ3n) is 3.98. The monoisotopic (exact) mass is 374 g/mol. The highest BCUT2D eigenvalue weighted by molar-refractivity contribution is 6.32. The Balaban J connectivity index is 1.99. The number of hydrogen-bond donors (Lipinski definition) is 0. The summed E-state index contributed by atoms with van der Waals surface area (Å²) in [5.41, 5.74) is 1.73. The lowest BCUT2D eigenvalue weighted by Crippen LogP contribution is -2.19. The Labute approximate surface area is 157 Å². The lowest BCUT2D eigenvalue weighted by atomic mass is 9.98. The maximum absolute atomic E-state index is 12.8. The van der Waals surface area contributed by atoms with Crippen LogP contribution in [0.4, 0.5) is 0 Å².